The van der Waals surface area contributed by atoms with Crippen LogP contribution in [0.5, 0.6) is 0 Å². The van der Waals surface area contributed by atoms with E-state index < -0.39 is 5.60 Å². The van der Waals surface area contributed by atoms with E-state index in [9.17, 15) is 9.90 Å². The molecule has 0 unspecified atom stereocenters. The van der Waals surface area contributed by atoms with Gasteiger partial charge in [0.25, 0.3) is 0 Å². The summed E-state index contributed by atoms with van der Waals surface area (Å²) in [5.74, 6) is 0.730. The first-order chi connectivity index (χ1) is 8.68. The number of carbonyl (C=O) groups is 1. The molecule has 0 aromatic rings. The fourth-order valence-corrected chi connectivity index (χ4v) is 3.38. The Morgan fingerprint density at radius 3 is 2.28 bits per heavy atom. The van der Waals surface area contributed by atoms with Crippen molar-refractivity contribution in [2.24, 2.45) is 5.92 Å². The van der Waals surface area contributed by atoms with E-state index in [0.717, 1.165) is 25.7 Å². The van der Waals surface area contributed by atoms with Crippen LogP contribution in [-0.4, -0.2) is 23.2 Å². The van der Waals surface area contributed by atoms with Crippen LogP contribution in [0.1, 0.15) is 70.6 Å². The number of amides is 1. The molecule has 0 radical (unpaired) electrons. The quantitative estimate of drug-likeness (QED) is 0.757. The Labute approximate surface area is 110 Å². The number of nitrogens with one attached hydrogen (secondary N) is 1. The second-order valence-corrected chi connectivity index (χ2v) is 6.27. The SMILES string of the molecule is O=C(CC1CCCC1)NCC1(O)CCCCCC1. The molecule has 2 fully saturated rings. The first kappa shape index (κ1) is 13.9. The Morgan fingerprint density at radius 1 is 1.06 bits per heavy atom. The van der Waals surface area contributed by atoms with E-state index in [-0.39, 0.29) is 5.91 Å². The van der Waals surface area contributed by atoms with Gasteiger partial charge in [0.15, 0.2) is 0 Å². The molecule has 0 atom stereocenters. The van der Waals surface area contributed by atoms with Gasteiger partial charge in [0.05, 0.1) is 5.60 Å². The first-order valence-electron chi connectivity index (χ1n) is 7.67. The van der Waals surface area contributed by atoms with Crippen LogP contribution in [-0.2, 0) is 4.79 Å². The van der Waals surface area contributed by atoms with Gasteiger partial charge in [0.2, 0.25) is 5.91 Å². The minimum absolute atomic E-state index is 0.138. The van der Waals surface area contributed by atoms with Crippen molar-refractivity contribution in [1.82, 2.24) is 5.32 Å². The minimum atomic E-state index is -0.637. The second kappa shape index (κ2) is 6.55. The maximum Gasteiger partial charge on any atom is 0.220 e. The number of aliphatic hydroxyl groups is 1. The molecule has 2 aliphatic rings. The molecule has 2 saturated carbocycles. The average molecular weight is 253 g/mol. The molecule has 0 spiro atoms. The minimum Gasteiger partial charge on any atom is -0.388 e. The van der Waals surface area contributed by atoms with Crippen molar-refractivity contribution in [1.29, 1.82) is 0 Å². The van der Waals surface area contributed by atoms with E-state index in [4.69, 9.17) is 0 Å². The largest absolute Gasteiger partial charge is 0.388 e. The molecule has 0 heterocycles. The fourth-order valence-electron chi connectivity index (χ4n) is 3.38. The highest BCUT2D eigenvalue weighted by molar-refractivity contribution is 5.76. The summed E-state index contributed by atoms with van der Waals surface area (Å²) >= 11 is 0. The van der Waals surface area contributed by atoms with Gasteiger partial charge in [-0.05, 0) is 31.6 Å². The van der Waals surface area contributed by atoms with Gasteiger partial charge in [-0.2, -0.15) is 0 Å². The number of hydrogen-bond acceptors (Lipinski definition) is 2. The highest BCUT2D eigenvalue weighted by atomic mass is 16.3. The molecule has 1 amide bonds. The first-order valence-corrected chi connectivity index (χ1v) is 7.67. The third kappa shape index (κ3) is 4.27. The molecule has 2 aliphatic carbocycles. The average Bonchev–Trinajstić information content (AvgIpc) is 2.75. The molecule has 2 rings (SSSR count). The topological polar surface area (TPSA) is 49.3 Å². The van der Waals surface area contributed by atoms with Crippen LogP contribution in [0.25, 0.3) is 0 Å². The van der Waals surface area contributed by atoms with Gasteiger partial charge in [-0.3, -0.25) is 4.79 Å². The Morgan fingerprint density at radius 2 is 1.67 bits per heavy atom. The van der Waals surface area contributed by atoms with Gasteiger partial charge >= 0.3 is 0 Å². The Balaban J connectivity index is 1.70. The predicted octanol–water partition coefficient (Wildman–Crippen LogP) is 2.77. The molecular formula is C15H27NO2. The third-order valence-electron chi connectivity index (χ3n) is 4.60. The number of carbonyl (C=O) groups excluding carboxylic acids is 1. The summed E-state index contributed by atoms with van der Waals surface area (Å²) in [6, 6.07) is 0. The van der Waals surface area contributed by atoms with Gasteiger partial charge in [-0.25, -0.2) is 0 Å². The zero-order valence-corrected chi connectivity index (χ0v) is 11.4. The summed E-state index contributed by atoms with van der Waals surface area (Å²) < 4.78 is 0. The van der Waals surface area contributed by atoms with E-state index >= 15 is 0 Å². The lowest BCUT2D eigenvalue weighted by atomic mass is 9.94. The van der Waals surface area contributed by atoms with Crippen LogP contribution < -0.4 is 5.32 Å². The van der Waals surface area contributed by atoms with Crippen molar-refractivity contribution in [3.63, 3.8) is 0 Å². The summed E-state index contributed by atoms with van der Waals surface area (Å²) in [4.78, 5) is 11.8. The summed E-state index contributed by atoms with van der Waals surface area (Å²) in [5, 5.41) is 13.4. The molecule has 18 heavy (non-hydrogen) atoms. The lowest BCUT2D eigenvalue weighted by Gasteiger charge is -2.27. The number of rotatable bonds is 4. The van der Waals surface area contributed by atoms with Crippen molar-refractivity contribution < 1.29 is 9.90 Å². The van der Waals surface area contributed by atoms with Crippen LogP contribution in [0.2, 0.25) is 0 Å². The third-order valence-corrected chi connectivity index (χ3v) is 4.60. The molecule has 104 valence electrons. The highest BCUT2D eigenvalue weighted by Crippen LogP contribution is 2.28. The van der Waals surface area contributed by atoms with Crippen molar-refractivity contribution in [2.75, 3.05) is 6.54 Å². The van der Waals surface area contributed by atoms with Crippen molar-refractivity contribution >= 4 is 5.91 Å². The van der Waals surface area contributed by atoms with Gasteiger partial charge in [0, 0.05) is 13.0 Å². The molecule has 0 aromatic carbocycles. The zero-order valence-electron chi connectivity index (χ0n) is 11.4. The molecule has 0 saturated heterocycles. The monoisotopic (exact) mass is 253 g/mol. The van der Waals surface area contributed by atoms with E-state index in [2.05, 4.69) is 5.32 Å². The molecule has 3 heteroatoms. The van der Waals surface area contributed by atoms with Crippen LogP contribution in [0.15, 0.2) is 0 Å². The summed E-state index contributed by atoms with van der Waals surface area (Å²) in [6.07, 6.45) is 11.9. The van der Waals surface area contributed by atoms with Crippen LogP contribution in [0, 0.1) is 5.92 Å². The van der Waals surface area contributed by atoms with E-state index in [0.29, 0.717) is 18.9 Å². The van der Waals surface area contributed by atoms with Crippen molar-refractivity contribution in [3.8, 4) is 0 Å². The van der Waals surface area contributed by atoms with E-state index in [1.807, 2.05) is 0 Å². The van der Waals surface area contributed by atoms with Crippen LogP contribution >= 0.6 is 0 Å². The summed E-state index contributed by atoms with van der Waals surface area (Å²) in [6.45, 7) is 0.457. The molecule has 0 bridgehead atoms. The molecule has 0 aliphatic heterocycles. The summed E-state index contributed by atoms with van der Waals surface area (Å²) in [5.41, 5.74) is -0.637. The normalized spacial score (nSPS) is 24.7. The predicted molar refractivity (Wildman–Crippen MR) is 72.2 cm³/mol. The van der Waals surface area contributed by atoms with Gasteiger partial charge in [-0.15, -0.1) is 0 Å². The van der Waals surface area contributed by atoms with Gasteiger partial charge in [0.1, 0.15) is 0 Å². The maximum atomic E-state index is 11.8. The lowest BCUT2D eigenvalue weighted by molar-refractivity contribution is -0.123. The lowest BCUT2D eigenvalue weighted by Crippen LogP contribution is -2.42. The fraction of sp³-hybridized carbons (Fsp3) is 0.933. The zero-order chi connectivity index (χ0) is 12.8. The Kier molecular flexibility index (Phi) is 5.04. The smallest absolute Gasteiger partial charge is 0.220 e. The second-order valence-electron chi connectivity index (χ2n) is 6.27. The van der Waals surface area contributed by atoms with Crippen molar-refractivity contribution in [3.05, 3.63) is 0 Å². The molecule has 2 N–H and O–H groups in total. The van der Waals surface area contributed by atoms with Crippen molar-refractivity contribution in [2.45, 2.75) is 76.2 Å². The summed E-state index contributed by atoms with van der Waals surface area (Å²) in [7, 11) is 0. The van der Waals surface area contributed by atoms with Gasteiger partial charge in [-0.1, -0.05) is 38.5 Å². The number of hydrogen-bond donors (Lipinski definition) is 2. The highest BCUT2D eigenvalue weighted by Gasteiger charge is 2.28. The standard InChI is InChI=1S/C15H27NO2/c17-14(11-13-7-3-4-8-13)16-12-15(18)9-5-1-2-6-10-15/h13,18H,1-12H2,(H,16,17). The Hall–Kier alpha value is -0.570. The maximum absolute atomic E-state index is 11.8. The van der Waals surface area contributed by atoms with Crippen LogP contribution in [0.3, 0.4) is 0 Å². The van der Waals surface area contributed by atoms with E-state index in [1.54, 1.807) is 0 Å². The van der Waals surface area contributed by atoms with Gasteiger partial charge < -0.3 is 10.4 Å². The van der Waals surface area contributed by atoms with E-state index in [1.165, 1.54) is 38.5 Å². The molecule has 0 aromatic heterocycles. The molecule has 3 nitrogen and oxygen atoms in total. The Bertz CT molecular complexity index is 264. The van der Waals surface area contributed by atoms with Crippen LogP contribution in [0.4, 0.5) is 0 Å². The molecular weight excluding hydrogens is 226 g/mol.